The fraction of sp³-hybridized carbons (Fsp3) is 0.375. The van der Waals surface area contributed by atoms with Gasteiger partial charge in [0.15, 0.2) is 5.13 Å². The molecule has 0 aliphatic rings. The van der Waals surface area contributed by atoms with Crippen LogP contribution in [0.2, 0.25) is 0 Å². The van der Waals surface area contributed by atoms with E-state index in [-0.39, 0.29) is 17.9 Å². The summed E-state index contributed by atoms with van der Waals surface area (Å²) in [5, 5.41) is 5.41. The average Bonchev–Trinajstić information content (AvgIpc) is 2.85. The second-order valence-electron chi connectivity index (χ2n) is 5.49. The largest absolute Gasteiger partial charge is 0.327 e. The lowest BCUT2D eigenvalue weighted by Gasteiger charge is -2.13. The van der Waals surface area contributed by atoms with Gasteiger partial charge >= 0.3 is 0 Å². The van der Waals surface area contributed by atoms with Gasteiger partial charge in [-0.2, -0.15) is 0 Å². The highest BCUT2D eigenvalue weighted by atomic mass is 32.1. The Morgan fingerprint density at radius 2 is 2.05 bits per heavy atom. The number of aromatic nitrogens is 1. The zero-order valence-electron chi connectivity index (χ0n) is 12.8. The number of nitrogens with two attached hydrogens (primary N) is 1. The summed E-state index contributed by atoms with van der Waals surface area (Å²) in [6.07, 6.45) is 0. The van der Waals surface area contributed by atoms with Crippen molar-refractivity contribution < 1.29 is 4.79 Å². The number of nitrogens with zero attached hydrogens (tertiary/aromatic N) is 1. The molecule has 5 heteroatoms. The van der Waals surface area contributed by atoms with Crippen molar-refractivity contribution in [1.82, 2.24) is 4.98 Å². The highest BCUT2D eigenvalue weighted by Crippen LogP contribution is 2.28. The summed E-state index contributed by atoms with van der Waals surface area (Å²) in [7, 11) is 0. The minimum atomic E-state index is -0.238. The Morgan fingerprint density at radius 1 is 1.33 bits per heavy atom. The smallest absolute Gasteiger partial charge is 0.230 e. The number of hydrogen-bond acceptors (Lipinski definition) is 4. The topological polar surface area (TPSA) is 68.0 Å². The van der Waals surface area contributed by atoms with Crippen LogP contribution in [0.4, 0.5) is 5.13 Å². The number of anilines is 1. The number of amides is 1. The number of carbonyl (C=O) groups is 1. The van der Waals surface area contributed by atoms with E-state index in [2.05, 4.69) is 42.3 Å². The van der Waals surface area contributed by atoms with Crippen LogP contribution in [-0.2, 0) is 4.79 Å². The Hall–Kier alpha value is -1.72. The number of rotatable bonds is 4. The summed E-state index contributed by atoms with van der Waals surface area (Å²) < 4.78 is 0. The molecule has 2 rings (SSSR count). The first kappa shape index (κ1) is 15.7. The molecule has 0 radical (unpaired) electrons. The summed E-state index contributed by atoms with van der Waals surface area (Å²) >= 11 is 1.43. The Kier molecular flexibility index (Phi) is 4.75. The average molecular weight is 303 g/mol. The quantitative estimate of drug-likeness (QED) is 0.910. The lowest BCUT2D eigenvalue weighted by atomic mass is 10.0. The molecule has 112 valence electrons. The number of benzene rings is 1. The lowest BCUT2D eigenvalue weighted by Crippen LogP contribution is -2.34. The summed E-state index contributed by atoms with van der Waals surface area (Å²) in [6, 6.07) is 6.09. The van der Waals surface area contributed by atoms with Crippen molar-refractivity contribution in [3.05, 3.63) is 34.7 Å². The number of nitrogens with one attached hydrogen (secondary N) is 1. The van der Waals surface area contributed by atoms with E-state index in [4.69, 9.17) is 5.73 Å². The van der Waals surface area contributed by atoms with Crippen molar-refractivity contribution in [2.75, 3.05) is 5.32 Å². The van der Waals surface area contributed by atoms with Crippen LogP contribution >= 0.6 is 11.3 Å². The molecule has 2 atom stereocenters. The van der Waals surface area contributed by atoms with Gasteiger partial charge in [-0.05, 0) is 26.3 Å². The number of hydrogen-bond donors (Lipinski definition) is 2. The van der Waals surface area contributed by atoms with E-state index >= 15 is 0 Å². The van der Waals surface area contributed by atoms with Gasteiger partial charge in [-0.3, -0.25) is 4.79 Å². The summed E-state index contributed by atoms with van der Waals surface area (Å²) in [6.45, 7) is 7.78. The molecule has 4 nitrogen and oxygen atoms in total. The maximum atomic E-state index is 12.0. The van der Waals surface area contributed by atoms with Gasteiger partial charge in [-0.25, -0.2) is 4.98 Å². The number of thiazole rings is 1. The first-order valence-corrected chi connectivity index (χ1v) is 7.86. The molecule has 21 heavy (non-hydrogen) atoms. The molecule has 3 N–H and O–H groups in total. The molecule has 0 aliphatic heterocycles. The van der Waals surface area contributed by atoms with Crippen LogP contribution in [0, 0.1) is 19.8 Å². The highest BCUT2D eigenvalue weighted by molar-refractivity contribution is 7.14. The molecule has 2 aromatic rings. The van der Waals surface area contributed by atoms with Crippen LogP contribution in [0.3, 0.4) is 0 Å². The van der Waals surface area contributed by atoms with Crippen LogP contribution in [-0.4, -0.2) is 16.9 Å². The van der Waals surface area contributed by atoms with E-state index < -0.39 is 0 Å². The number of carbonyl (C=O) groups excluding carboxylic acids is 1. The zero-order chi connectivity index (χ0) is 15.6. The minimum absolute atomic E-state index is 0.0912. The van der Waals surface area contributed by atoms with Gasteiger partial charge in [0.1, 0.15) is 0 Å². The second kappa shape index (κ2) is 6.37. The minimum Gasteiger partial charge on any atom is -0.327 e. The van der Waals surface area contributed by atoms with Gasteiger partial charge in [-0.15, -0.1) is 11.3 Å². The zero-order valence-corrected chi connectivity index (χ0v) is 13.6. The van der Waals surface area contributed by atoms with E-state index in [1.807, 2.05) is 19.2 Å². The molecule has 1 aromatic heterocycles. The maximum Gasteiger partial charge on any atom is 0.230 e. The first-order valence-electron chi connectivity index (χ1n) is 6.98. The molecule has 1 amide bonds. The summed E-state index contributed by atoms with van der Waals surface area (Å²) in [5.74, 6) is -0.329. The standard InChI is InChI=1S/C16H21N3OS/c1-9-5-6-13(10(2)7-9)14-8-21-16(18-14)19-15(20)11(3)12(4)17/h5-8,11-12H,17H2,1-4H3,(H,18,19,20). The van der Waals surface area contributed by atoms with Crippen LogP contribution in [0.5, 0.6) is 0 Å². The second-order valence-corrected chi connectivity index (χ2v) is 6.35. The van der Waals surface area contributed by atoms with E-state index in [9.17, 15) is 4.79 Å². The van der Waals surface area contributed by atoms with Gasteiger partial charge < -0.3 is 11.1 Å². The highest BCUT2D eigenvalue weighted by Gasteiger charge is 2.18. The van der Waals surface area contributed by atoms with Crippen LogP contribution < -0.4 is 11.1 Å². The van der Waals surface area contributed by atoms with Crippen LogP contribution in [0.15, 0.2) is 23.6 Å². The fourth-order valence-corrected chi connectivity index (χ4v) is 2.73. The third-order valence-corrected chi connectivity index (χ3v) is 4.35. The predicted molar refractivity (Wildman–Crippen MR) is 88.5 cm³/mol. The molecule has 1 heterocycles. The third-order valence-electron chi connectivity index (χ3n) is 3.59. The first-order chi connectivity index (χ1) is 9.88. The normalized spacial score (nSPS) is 13.8. The molecule has 0 fully saturated rings. The van der Waals surface area contributed by atoms with Crippen molar-refractivity contribution in [3.63, 3.8) is 0 Å². The van der Waals surface area contributed by atoms with Crippen molar-refractivity contribution in [3.8, 4) is 11.3 Å². The summed E-state index contributed by atoms with van der Waals surface area (Å²) in [5.41, 5.74) is 10.1. The Bertz CT molecular complexity index is 649. The molecular weight excluding hydrogens is 282 g/mol. The Morgan fingerprint density at radius 3 is 2.67 bits per heavy atom. The van der Waals surface area contributed by atoms with E-state index in [0.717, 1.165) is 11.3 Å². The van der Waals surface area contributed by atoms with E-state index in [1.54, 1.807) is 0 Å². The SMILES string of the molecule is Cc1ccc(-c2csc(NC(=O)C(C)C(C)N)n2)c(C)c1. The van der Waals surface area contributed by atoms with Gasteiger partial charge in [0.25, 0.3) is 0 Å². The lowest BCUT2D eigenvalue weighted by molar-refractivity contribution is -0.119. The van der Waals surface area contributed by atoms with Gasteiger partial charge in [0.05, 0.1) is 11.6 Å². The van der Waals surface area contributed by atoms with Gasteiger partial charge in [-0.1, -0.05) is 30.7 Å². The van der Waals surface area contributed by atoms with Crippen LogP contribution in [0.25, 0.3) is 11.3 Å². The van der Waals surface area contributed by atoms with Crippen molar-refractivity contribution in [2.45, 2.75) is 33.7 Å². The molecular formula is C16H21N3OS. The fourth-order valence-electron chi connectivity index (χ4n) is 2.01. The molecule has 0 saturated heterocycles. The monoisotopic (exact) mass is 303 g/mol. The molecule has 2 unspecified atom stereocenters. The van der Waals surface area contributed by atoms with E-state index in [1.165, 1.54) is 22.5 Å². The molecule has 0 spiro atoms. The molecule has 0 saturated carbocycles. The summed E-state index contributed by atoms with van der Waals surface area (Å²) in [4.78, 5) is 16.5. The van der Waals surface area contributed by atoms with Crippen molar-refractivity contribution in [1.29, 1.82) is 0 Å². The van der Waals surface area contributed by atoms with E-state index in [0.29, 0.717) is 5.13 Å². The van der Waals surface area contributed by atoms with Crippen LogP contribution in [0.1, 0.15) is 25.0 Å². The molecule has 1 aromatic carbocycles. The predicted octanol–water partition coefficient (Wildman–Crippen LogP) is 3.35. The molecule has 0 aliphatic carbocycles. The van der Waals surface area contributed by atoms with Crippen molar-refractivity contribution >= 4 is 22.4 Å². The third kappa shape index (κ3) is 3.68. The molecule has 0 bridgehead atoms. The number of aryl methyl sites for hydroxylation is 2. The Balaban J connectivity index is 2.17. The Labute approximate surface area is 129 Å². The van der Waals surface area contributed by atoms with Crippen molar-refractivity contribution in [2.24, 2.45) is 11.7 Å². The maximum absolute atomic E-state index is 12.0. The van der Waals surface area contributed by atoms with Gasteiger partial charge in [0, 0.05) is 17.0 Å². The van der Waals surface area contributed by atoms with Gasteiger partial charge in [0.2, 0.25) is 5.91 Å².